The van der Waals surface area contributed by atoms with E-state index in [-0.39, 0.29) is 0 Å². The lowest BCUT2D eigenvalue weighted by Gasteiger charge is -2.05. The fraction of sp³-hybridized carbons (Fsp3) is 0.300. The number of hydrogen-bond acceptors (Lipinski definition) is 3. The van der Waals surface area contributed by atoms with Gasteiger partial charge in [-0.15, -0.1) is 11.8 Å². The van der Waals surface area contributed by atoms with Crippen LogP contribution in [0.15, 0.2) is 35.3 Å². The maximum atomic E-state index is 5.50. The Balaban J connectivity index is 2.43. The highest BCUT2D eigenvalue weighted by atomic mass is 32.2. The van der Waals surface area contributed by atoms with Crippen LogP contribution in [0.1, 0.15) is 0 Å². The number of para-hydroxylation sites is 1. The molecule has 0 aliphatic heterocycles. The maximum Gasteiger partial charge on any atom is 0.136 e. The molecule has 0 fully saturated rings. The van der Waals surface area contributed by atoms with Gasteiger partial charge in [0.05, 0.1) is 0 Å². The van der Waals surface area contributed by atoms with Crippen LogP contribution in [0.25, 0.3) is 0 Å². The molecule has 0 spiro atoms. The third kappa shape index (κ3) is 3.51. The van der Waals surface area contributed by atoms with Crippen LogP contribution in [-0.4, -0.2) is 25.0 Å². The number of rotatable bonds is 3. The lowest BCUT2D eigenvalue weighted by molar-refractivity contribution is 0.379. The summed E-state index contributed by atoms with van der Waals surface area (Å²) in [6, 6.07) is 9.76. The van der Waals surface area contributed by atoms with E-state index in [1.807, 2.05) is 36.6 Å². The third-order valence-corrected chi connectivity index (χ3v) is 2.36. The van der Waals surface area contributed by atoms with Crippen molar-refractivity contribution in [1.82, 2.24) is 0 Å². The zero-order valence-electron chi connectivity index (χ0n) is 7.86. The molecule has 3 heteroatoms. The highest BCUT2D eigenvalue weighted by molar-refractivity contribution is 8.13. The summed E-state index contributed by atoms with van der Waals surface area (Å²) in [6.45, 7) is 0.557. The van der Waals surface area contributed by atoms with Crippen LogP contribution in [0.2, 0.25) is 0 Å². The van der Waals surface area contributed by atoms with Gasteiger partial charge in [-0.3, -0.25) is 4.99 Å². The monoisotopic (exact) mass is 195 g/mol. The molecular formula is C10H13NOS. The zero-order valence-corrected chi connectivity index (χ0v) is 8.67. The van der Waals surface area contributed by atoms with E-state index in [2.05, 4.69) is 4.99 Å². The van der Waals surface area contributed by atoms with Crippen molar-refractivity contribution < 1.29 is 4.74 Å². The van der Waals surface area contributed by atoms with E-state index < -0.39 is 0 Å². The number of ether oxygens (including phenoxy) is 1. The van der Waals surface area contributed by atoms with E-state index in [1.165, 1.54) is 0 Å². The van der Waals surface area contributed by atoms with Crippen LogP contribution < -0.4 is 4.74 Å². The third-order valence-electron chi connectivity index (χ3n) is 1.59. The van der Waals surface area contributed by atoms with Gasteiger partial charge in [0.25, 0.3) is 0 Å². The van der Waals surface area contributed by atoms with Crippen molar-refractivity contribution in [2.24, 2.45) is 4.99 Å². The largest absolute Gasteiger partial charge is 0.487 e. The van der Waals surface area contributed by atoms with Crippen molar-refractivity contribution in [2.45, 2.75) is 0 Å². The van der Waals surface area contributed by atoms with Gasteiger partial charge in [0, 0.05) is 7.05 Å². The van der Waals surface area contributed by atoms with Crippen molar-refractivity contribution in [3.63, 3.8) is 0 Å². The smallest absolute Gasteiger partial charge is 0.136 e. The Labute approximate surface area is 83.0 Å². The maximum absolute atomic E-state index is 5.50. The molecule has 0 heterocycles. The molecule has 0 radical (unpaired) electrons. The van der Waals surface area contributed by atoms with Crippen LogP contribution in [0.4, 0.5) is 0 Å². The van der Waals surface area contributed by atoms with Crippen molar-refractivity contribution >= 4 is 16.8 Å². The Hall–Kier alpha value is -0.960. The van der Waals surface area contributed by atoms with Crippen LogP contribution in [0, 0.1) is 0 Å². The number of thioether (sulfide) groups is 1. The molecule has 1 aromatic carbocycles. The Kier molecular flexibility index (Phi) is 4.40. The van der Waals surface area contributed by atoms with Gasteiger partial charge in [-0.2, -0.15) is 0 Å². The number of hydrogen-bond donors (Lipinski definition) is 0. The average Bonchev–Trinajstić information content (AvgIpc) is 2.21. The van der Waals surface area contributed by atoms with Crippen molar-refractivity contribution in [1.29, 1.82) is 0 Å². The summed E-state index contributed by atoms with van der Waals surface area (Å²) in [5.74, 6) is 0.887. The summed E-state index contributed by atoms with van der Waals surface area (Å²) in [6.07, 6.45) is 2.00. The first-order valence-electron chi connectivity index (χ1n) is 4.04. The lowest BCUT2D eigenvalue weighted by Crippen LogP contribution is -2.07. The van der Waals surface area contributed by atoms with Crippen LogP contribution >= 0.6 is 11.8 Å². The minimum Gasteiger partial charge on any atom is -0.487 e. The molecule has 0 bridgehead atoms. The quantitative estimate of drug-likeness (QED) is 0.546. The van der Waals surface area contributed by atoms with E-state index in [1.54, 1.807) is 18.8 Å². The van der Waals surface area contributed by atoms with Gasteiger partial charge in [0.2, 0.25) is 0 Å². The Morgan fingerprint density at radius 3 is 2.62 bits per heavy atom. The number of aliphatic imine (C=N–C) groups is 1. The summed E-state index contributed by atoms with van der Waals surface area (Å²) in [4.78, 5) is 4.08. The van der Waals surface area contributed by atoms with Gasteiger partial charge >= 0.3 is 0 Å². The standard InChI is InChI=1S/C10H13NOS/c1-11-10(13-2)8-12-9-6-4-3-5-7-9/h3-7H,8H2,1-2H3. The Morgan fingerprint density at radius 2 is 2.08 bits per heavy atom. The number of nitrogens with zero attached hydrogens (tertiary/aromatic N) is 1. The summed E-state index contributed by atoms with van der Waals surface area (Å²) < 4.78 is 5.50. The molecule has 13 heavy (non-hydrogen) atoms. The second kappa shape index (κ2) is 5.65. The summed E-state index contributed by atoms with van der Waals surface area (Å²) in [5.41, 5.74) is 0. The highest BCUT2D eigenvalue weighted by Gasteiger charge is 1.96. The molecule has 70 valence electrons. The molecule has 1 aromatic rings. The molecule has 0 saturated carbocycles. The minimum absolute atomic E-state index is 0.557. The second-order valence-electron chi connectivity index (χ2n) is 2.42. The summed E-state index contributed by atoms with van der Waals surface area (Å²) >= 11 is 1.61. The molecule has 0 aliphatic carbocycles. The first-order chi connectivity index (χ1) is 6.36. The van der Waals surface area contributed by atoms with Crippen LogP contribution in [0.3, 0.4) is 0 Å². The summed E-state index contributed by atoms with van der Waals surface area (Å²) in [7, 11) is 1.78. The van der Waals surface area contributed by atoms with E-state index >= 15 is 0 Å². The van der Waals surface area contributed by atoms with E-state index in [9.17, 15) is 0 Å². The Morgan fingerprint density at radius 1 is 1.38 bits per heavy atom. The zero-order chi connectivity index (χ0) is 9.52. The first kappa shape index (κ1) is 10.1. The van der Waals surface area contributed by atoms with E-state index in [4.69, 9.17) is 4.74 Å². The van der Waals surface area contributed by atoms with Crippen molar-refractivity contribution in [3.8, 4) is 5.75 Å². The van der Waals surface area contributed by atoms with Crippen molar-refractivity contribution in [3.05, 3.63) is 30.3 Å². The molecule has 0 aromatic heterocycles. The predicted octanol–water partition coefficient (Wildman–Crippen LogP) is 2.46. The topological polar surface area (TPSA) is 21.6 Å². The van der Waals surface area contributed by atoms with E-state index in [0.29, 0.717) is 6.61 Å². The first-order valence-corrected chi connectivity index (χ1v) is 5.26. The minimum atomic E-state index is 0.557. The molecule has 0 aliphatic rings. The molecule has 0 atom stereocenters. The van der Waals surface area contributed by atoms with Gasteiger partial charge in [-0.25, -0.2) is 0 Å². The highest BCUT2D eigenvalue weighted by Crippen LogP contribution is 2.09. The molecule has 0 saturated heterocycles. The molecular weight excluding hydrogens is 182 g/mol. The van der Waals surface area contributed by atoms with Gasteiger partial charge in [-0.1, -0.05) is 18.2 Å². The molecule has 0 amide bonds. The molecule has 0 N–H and O–H groups in total. The van der Waals surface area contributed by atoms with Gasteiger partial charge in [0.1, 0.15) is 17.4 Å². The lowest BCUT2D eigenvalue weighted by atomic mass is 10.3. The summed E-state index contributed by atoms with van der Waals surface area (Å²) in [5, 5.41) is 1.00. The second-order valence-corrected chi connectivity index (χ2v) is 3.30. The normalized spacial score (nSPS) is 11.4. The number of benzene rings is 1. The average molecular weight is 195 g/mol. The van der Waals surface area contributed by atoms with Crippen molar-refractivity contribution in [2.75, 3.05) is 19.9 Å². The fourth-order valence-electron chi connectivity index (χ4n) is 0.877. The SMILES string of the molecule is CN=C(COc1ccccc1)SC. The molecule has 2 nitrogen and oxygen atoms in total. The van der Waals surface area contributed by atoms with Gasteiger partial charge < -0.3 is 4.74 Å². The van der Waals surface area contributed by atoms with E-state index in [0.717, 1.165) is 10.8 Å². The fourth-order valence-corrected chi connectivity index (χ4v) is 1.24. The molecule has 0 unspecified atom stereocenters. The Bertz CT molecular complexity index is 272. The predicted molar refractivity (Wildman–Crippen MR) is 58.8 cm³/mol. The van der Waals surface area contributed by atoms with Gasteiger partial charge in [-0.05, 0) is 18.4 Å². The van der Waals surface area contributed by atoms with Gasteiger partial charge in [0.15, 0.2) is 0 Å². The van der Waals surface area contributed by atoms with Crippen LogP contribution in [-0.2, 0) is 0 Å². The van der Waals surface area contributed by atoms with Crippen LogP contribution in [0.5, 0.6) is 5.75 Å². The molecule has 1 rings (SSSR count).